The molecule has 114 valence electrons. The van der Waals surface area contributed by atoms with E-state index in [1.54, 1.807) is 0 Å². The number of aryl methyl sites for hydroxylation is 1. The van der Waals surface area contributed by atoms with Crippen LogP contribution in [0.25, 0.3) is 0 Å². The van der Waals surface area contributed by atoms with Gasteiger partial charge >= 0.3 is 0 Å². The lowest BCUT2D eigenvalue weighted by molar-refractivity contribution is -0.120. The summed E-state index contributed by atoms with van der Waals surface area (Å²) in [5.74, 6) is 0.136. The highest BCUT2D eigenvalue weighted by molar-refractivity contribution is 5.82. The first-order valence-corrected chi connectivity index (χ1v) is 8.12. The van der Waals surface area contributed by atoms with Gasteiger partial charge in [0, 0.05) is 24.3 Å². The van der Waals surface area contributed by atoms with E-state index in [1.807, 2.05) is 6.07 Å². The number of para-hydroxylation sites is 1. The Morgan fingerprint density at radius 2 is 2.00 bits per heavy atom. The van der Waals surface area contributed by atoms with Gasteiger partial charge in [-0.25, -0.2) is 0 Å². The molecule has 1 aromatic rings. The number of nitrogens with two attached hydrogens (primary N) is 1. The average Bonchev–Trinajstić information content (AvgIpc) is 3.00. The number of hydrogen-bond acceptors (Lipinski definition) is 3. The first-order valence-electron chi connectivity index (χ1n) is 8.12. The van der Waals surface area contributed by atoms with Crippen LogP contribution < -0.4 is 16.0 Å². The summed E-state index contributed by atoms with van der Waals surface area (Å²) in [6, 6.07) is 9.03. The fourth-order valence-electron chi connectivity index (χ4n) is 3.63. The minimum absolute atomic E-state index is 0.136. The van der Waals surface area contributed by atoms with Crippen LogP contribution in [0.2, 0.25) is 0 Å². The molecule has 4 nitrogen and oxygen atoms in total. The largest absolute Gasteiger partial charge is 0.358 e. The molecule has 1 unspecified atom stereocenters. The molecule has 0 radical (unpaired) electrons. The number of anilines is 1. The molecular weight excluding hydrogens is 262 g/mol. The fraction of sp³-hybridized carbons (Fsp3) is 0.588. The number of hydrogen-bond donors (Lipinski definition) is 2. The van der Waals surface area contributed by atoms with Crippen LogP contribution in [0.4, 0.5) is 5.69 Å². The van der Waals surface area contributed by atoms with Gasteiger partial charge in [0.25, 0.3) is 0 Å². The molecule has 3 rings (SSSR count). The Balaban J connectivity index is 1.70. The molecule has 0 saturated heterocycles. The lowest BCUT2D eigenvalue weighted by atomic mass is 9.95. The van der Waals surface area contributed by atoms with Crippen LogP contribution in [-0.4, -0.2) is 31.1 Å². The Hall–Kier alpha value is -1.55. The molecule has 4 heteroatoms. The summed E-state index contributed by atoms with van der Waals surface area (Å²) in [6.07, 6.45) is 6.82. The Kier molecular flexibility index (Phi) is 4.44. The summed E-state index contributed by atoms with van der Waals surface area (Å²) in [5.41, 5.74) is 8.43. The normalized spacial score (nSPS) is 22.1. The molecule has 0 aromatic heterocycles. The van der Waals surface area contributed by atoms with E-state index in [-0.39, 0.29) is 11.9 Å². The lowest BCUT2D eigenvalue weighted by Crippen LogP contribution is -2.49. The summed E-state index contributed by atoms with van der Waals surface area (Å²) in [6.45, 7) is 1.03. The highest BCUT2D eigenvalue weighted by atomic mass is 16.2. The zero-order valence-corrected chi connectivity index (χ0v) is 12.6. The number of fused-ring (bicyclic) bond motifs is 1. The van der Waals surface area contributed by atoms with Crippen molar-refractivity contribution in [3.05, 3.63) is 29.8 Å². The van der Waals surface area contributed by atoms with Crippen molar-refractivity contribution in [2.75, 3.05) is 18.0 Å². The minimum atomic E-state index is 0.136. The molecule has 1 atom stereocenters. The monoisotopic (exact) mass is 287 g/mol. The number of nitrogens with one attached hydrogen (secondary N) is 1. The SMILES string of the molecule is NCC1CCc2ccccc2N1CC(=O)NC1CCCC1. The molecule has 21 heavy (non-hydrogen) atoms. The van der Waals surface area contributed by atoms with E-state index < -0.39 is 0 Å². The number of carbonyl (C=O) groups excluding carboxylic acids is 1. The highest BCUT2D eigenvalue weighted by Gasteiger charge is 2.27. The van der Waals surface area contributed by atoms with Gasteiger partial charge in [0.1, 0.15) is 0 Å². The average molecular weight is 287 g/mol. The summed E-state index contributed by atoms with van der Waals surface area (Å²) in [7, 11) is 0. The molecule has 1 aliphatic carbocycles. The van der Waals surface area contributed by atoms with E-state index in [4.69, 9.17) is 5.73 Å². The summed E-state index contributed by atoms with van der Waals surface area (Å²) in [5, 5.41) is 3.18. The Morgan fingerprint density at radius 3 is 2.76 bits per heavy atom. The second kappa shape index (κ2) is 6.48. The van der Waals surface area contributed by atoms with Crippen molar-refractivity contribution in [1.82, 2.24) is 5.32 Å². The first kappa shape index (κ1) is 14.4. The van der Waals surface area contributed by atoms with E-state index in [1.165, 1.54) is 24.1 Å². The number of amides is 1. The standard InChI is InChI=1S/C17H25N3O/c18-11-15-10-9-13-5-1-4-8-16(13)20(15)12-17(21)19-14-6-2-3-7-14/h1,4-5,8,14-15H,2-3,6-7,9-12,18H2,(H,19,21). The second-order valence-corrected chi connectivity index (χ2v) is 6.23. The molecule has 1 aromatic carbocycles. The predicted octanol–water partition coefficient (Wildman–Crippen LogP) is 1.83. The molecule has 1 fully saturated rings. The van der Waals surface area contributed by atoms with Gasteiger partial charge in [-0.2, -0.15) is 0 Å². The van der Waals surface area contributed by atoms with Crippen molar-refractivity contribution < 1.29 is 4.79 Å². The quantitative estimate of drug-likeness (QED) is 0.888. The smallest absolute Gasteiger partial charge is 0.239 e. The number of benzene rings is 1. The van der Waals surface area contributed by atoms with E-state index >= 15 is 0 Å². The van der Waals surface area contributed by atoms with Crippen LogP contribution in [0.15, 0.2) is 24.3 Å². The lowest BCUT2D eigenvalue weighted by Gasteiger charge is -2.38. The van der Waals surface area contributed by atoms with Crippen molar-refractivity contribution in [1.29, 1.82) is 0 Å². The Morgan fingerprint density at radius 1 is 1.24 bits per heavy atom. The third kappa shape index (κ3) is 3.21. The maximum Gasteiger partial charge on any atom is 0.239 e. The van der Waals surface area contributed by atoms with E-state index in [0.29, 0.717) is 19.1 Å². The summed E-state index contributed by atoms with van der Waals surface area (Å²) >= 11 is 0. The zero-order chi connectivity index (χ0) is 14.7. The van der Waals surface area contributed by atoms with Gasteiger partial charge in [-0.05, 0) is 37.3 Å². The van der Waals surface area contributed by atoms with Crippen molar-refractivity contribution >= 4 is 11.6 Å². The molecule has 2 aliphatic rings. The summed E-state index contributed by atoms with van der Waals surface area (Å²) in [4.78, 5) is 14.5. The maximum absolute atomic E-state index is 12.3. The molecule has 1 amide bonds. The van der Waals surface area contributed by atoms with Gasteiger partial charge in [-0.3, -0.25) is 4.79 Å². The van der Waals surface area contributed by atoms with Crippen LogP contribution >= 0.6 is 0 Å². The van der Waals surface area contributed by atoms with Crippen LogP contribution in [0.3, 0.4) is 0 Å². The van der Waals surface area contributed by atoms with Gasteiger partial charge in [-0.1, -0.05) is 31.0 Å². The maximum atomic E-state index is 12.3. The van der Waals surface area contributed by atoms with Crippen molar-refractivity contribution in [3.63, 3.8) is 0 Å². The Labute approximate surface area is 126 Å². The zero-order valence-electron chi connectivity index (χ0n) is 12.6. The number of rotatable bonds is 4. The third-order valence-electron chi connectivity index (χ3n) is 4.80. The third-order valence-corrected chi connectivity index (χ3v) is 4.80. The van der Waals surface area contributed by atoms with Crippen molar-refractivity contribution in [3.8, 4) is 0 Å². The van der Waals surface area contributed by atoms with Gasteiger partial charge in [0.2, 0.25) is 5.91 Å². The molecule has 1 aliphatic heterocycles. The molecule has 3 N–H and O–H groups in total. The van der Waals surface area contributed by atoms with E-state index in [9.17, 15) is 4.79 Å². The molecule has 0 bridgehead atoms. The van der Waals surface area contributed by atoms with Crippen LogP contribution in [0.1, 0.15) is 37.7 Å². The number of carbonyl (C=O) groups is 1. The van der Waals surface area contributed by atoms with E-state index in [2.05, 4.69) is 28.4 Å². The summed E-state index contributed by atoms with van der Waals surface area (Å²) < 4.78 is 0. The van der Waals surface area contributed by atoms with Gasteiger partial charge in [0.05, 0.1) is 6.54 Å². The molecular formula is C17H25N3O. The van der Waals surface area contributed by atoms with Crippen LogP contribution in [0.5, 0.6) is 0 Å². The Bertz CT molecular complexity index is 497. The first-order chi connectivity index (χ1) is 10.3. The topological polar surface area (TPSA) is 58.4 Å². The van der Waals surface area contributed by atoms with Gasteiger partial charge in [0.15, 0.2) is 0 Å². The highest BCUT2D eigenvalue weighted by Crippen LogP contribution is 2.30. The molecule has 1 heterocycles. The molecule has 1 saturated carbocycles. The fourth-order valence-corrected chi connectivity index (χ4v) is 3.63. The predicted molar refractivity (Wildman–Crippen MR) is 85.4 cm³/mol. The van der Waals surface area contributed by atoms with Gasteiger partial charge in [-0.15, -0.1) is 0 Å². The van der Waals surface area contributed by atoms with Crippen molar-refractivity contribution in [2.24, 2.45) is 5.73 Å². The van der Waals surface area contributed by atoms with E-state index in [0.717, 1.165) is 25.7 Å². The van der Waals surface area contributed by atoms with Crippen LogP contribution in [-0.2, 0) is 11.2 Å². The second-order valence-electron chi connectivity index (χ2n) is 6.23. The van der Waals surface area contributed by atoms with Crippen molar-refractivity contribution in [2.45, 2.75) is 50.6 Å². The number of nitrogens with zero attached hydrogens (tertiary/aromatic N) is 1. The minimum Gasteiger partial charge on any atom is -0.358 e. The molecule has 0 spiro atoms. The van der Waals surface area contributed by atoms with Crippen LogP contribution in [0, 0.1) is 0 Å². The van der Waals surface area contributed by atoms with Gasteiger partial charge < -0.3 is 16.0 Å².